The van der Waals surface area contributed by atoms with Gasteiger partial charge in [0.25, 0.3) is 0 Å². The van der Waals surface area contributed by atoms with E-state index >= 15 is 0 Å². The minimum atomic E-state index is -0.764. The summed E-state index contributed by atoms with van der Waals surface area (Å²) in [5.74, 6) is -0.636. The van der Waals surface area contributed by atoms with Crippen molar-refractivity contribution in [3.63, 3.8) is 0 Å². The summed E-state index contributed by atoms with van der Waals surface area (Å²) >= 11 is 0. The molecule has 0 aromatic rings. The highest BCUT2D eigenvalue weighted by molar-refractivity contribution is 5.72. The fraction of sp³-hybridized carbons (Fsp3) is 0.875. The number of rotatable bonds is 2. The van der Waals surface area contributed by atoms with E-state index in [-0.39, 0.29) is 11.9 Å². The van der Waals surface area contributed by atoms with Crippen molar-refractivity contribution in [2.45, 2.75) is 32.0 Å². The number of carbonyl (C=O) groups excluding carboxylic acids is 1. The van der Waals surface area contributed by atoms with E-state index in [1.54, 1.807) is 6.92 Å². The second-order valence-electron chi connectivity index (χ2n) is 3.06. The number of aliphatic hydroxyl groups excluding tert-OH is 2. The van der Waals surface area contributed by atoms with Gasteiger partial charge in [0.15, 0.2) is 0 Å². The molecule has 0 radical (unpaired) electrons. The molecule has 0 aromatic heterocycles. The van der Waals surface area contributed by atoms with Gasteiger partial charge < -0.3 is 14.9 Å². The second kappa shape index (κ2) is 3.87. The maximum Gasteiger partial charge on any atom is 0.309 e. The molecule has 1 saturated carbocycles. The van der Waals surface area contributed by atoms with E-state index in [1.807, 2.05) is 0 Å². The molecule has 4 heteroatoms. The third-order valence-electron chi connectivity index (χ3n) is 2.12. The Balaban J connectivity index is 2.40. The fourth-order valence-electron chi connectivity index (χ4n) is 1.45. The first-order valence-electron chi connectivity index (χ1n) is 4.18. The van der Waals surface area contributed by atoms with Crippen LogP contribution in [0.4, 0.5) is 0 Å². The molecule has 0 unspecified atom stereocenters. The lowest BCUT2D eigenvalue weighted by molar-refractivity contribution is -0.148. The minimum Gasteiger partial charge on any atom is -0.466 e. The van der Waals surface area contributed by atoms with Crippen LogP contribution in [0.1, 0.15) is 19.8 Å². The van der Waals surface area contributed by atoms with Gasteiger partial charge in [-0.2, -0.15) is 0 Å². The predicted octanol–water partition coefficient (Wildman–Crippen LogP) is -0.319. The molecule has 0 aliphatic heterocycles. The predicted molar refractivity (Wildman–Crippen MR) is 41.4 cm³/mol. The van der Waals surface area contributed by atoms with Gasteiger partial charge in [-0.05, 0) is 19.8 Å². The van der Waals surface area contributed by atoms with Crippen molar-refractivity contribution in [1.82, 2.24) is 0 Å². The Morgan fingerprint density at radius 1 is 1.42 bits per heavy atom. The van der Waals surface area contributed by atoms with Gasteiger partial charge in [0.1, 0.15) is 0 Å². The van der Waals surface area contributed by atoms with Crippen molar-refractivity contribution >= 4 is 5.97 Å². The van der Waals surface area contributed by atoms with Crippen LogP contribution in [0.25, 0.3) is 0 Å². The molecule has 0 aromatic carbocycles. The van der Waals surface area contributed by atoms with Crippen molar-refractivity contribution in [1.29, 1.82) is 0 Å². The number of carbonyl (C=O) groups is 1. The fourth-order valence-corrected chi connectivity index (χ4v) is 1.45. The summed E-state index contributed by atoms with van der Waals surface area (Å²) in [6.07, 6.45) is -0.890. The van der Waals surface area contributed by atoms with Crippen molar-refractivity contribution in [2.24, 2.45) is 5.92 Å². The molecule has 12 heavy (non-hydrogen) atoms. The van der Waals surface area contributed by atoms with E-state index in [9.17, 15) is 4.79 Å². The first-order valence-corrected chi connectivity index (χ1v) is 4.18. The summed E-state index contributed by atoms with van der Waals surface area (Å²) < 4.78 is 4.76. The van der Waals surface area contributed by atoms with Crippen LogP contribution in [-0.2, 0) is 9.53 Å². The third-order valence-corrected chi connectivity index (χ3v) is 2.12. The highest BCUT2D eigenvalue weighted by Gasteiger charge is 2.36. The molecule has 0 amide bonds. The summed E-state index contributed by atoms with van der Waals surface area (Å²) in [6, 6.07) is 0. The van der Waals surface area contributed by atoms with Crippen LogP contribution in [0, 0.1) is 5.92 Å². The minimum absolute atomic E-state index is 0.312. The molecule has 0 bridgehead atoms. The average Bonchev–Trinajstić information content (AvgIpc) is 2.33. The molecule has 0 spiro atoms. The maximum absolute atomic E-state index is 11.1. The van der Waals surface area contributed by atoms with Gasteiger partial charge in [-0.3, -0.25) is 4.79 Å². The Hall–Kier alpha value is -0.610. The van der Waals surface area contributed by atoms with Gasteiger partial charge >= 0.3 is 5.97 Å². The second-order valence-corrected chi connectivity index (χ2v) is 3.06. The molecule has 70 valence electrons. The van der Waals surface area contributed by atoms with E-state index in [0.29, 0.717) is 19.4 Å². The van der Waals surface area contributed by atoms with Crippen molar-refractivity contribution < 1.29 is 19.7 Å². The zero-order valence-corrected chi connectivity index (χ0v) is 7.06. The van der Waals surface area contributed by atoms with Crippen LogP contribution in [0.15, 0.2) is 0 Å². The number of hydrogen-bond donors (Lipinski definition) is 2. The smallest absolute Gasteiger partial charge is 0.309 e. The van der Waals surface area contributed by atoms with Crippen LogP contribution < -0.4 is 0 Å². The zero-order chi connectivity index (χ0) is 9.14. The van der Waals surface area contributed by atoms with Gasteiger partial charge in [-0.15, -0.1) is 0 Å². The maximum atomic E-state index is 11.1. The van der Waals surface area contributed by atoms with Gasteiger partial charge in [0, 0.05) is 0 Å². The molecular weight excluding hydrogens is 160 g/mol. The molecule has 0 saturated heterocycles. The monoisotopic (exact) mass is 174 g/mol. The van der Waals surface area contributed by atoms with Crippen LogP contribution >= 0.6 is 0 Å². The Labute approximate surface area is 71.2 Å². The normalized spacial score (nSPS) is 30.6. The number of esters is 1. The Bertz CT molecular complexity index is 158. The van der Waals surface area contributed by atoms with Crippen molar-refractivity contribution in [3.8, 4) is 0 Å². The standard InChI is InChI=1S/C8H14O4/c1-2-12-8(11)5-3-6(9)7(10)4-5/h5-7,9-10H,2-4H2,1H3/t6-,7-/m0/s1. The third kappa shape index (κ3) is 1.95. The molecule has 4 nitrogen and oxygen atoms in total. The van der Waals surface area contributed by atoms with E-state index in [0.717, 1.165) is 0 Å². The summed E-state index contributed by atoms with van der Waals surface area (Å²) in [7, 11) is 0. The van der Waals surface area contributed by atoms with E-state index < -0.39 is 12.2 Å². The Morgan fingerprint density at radius 2 is 1.92 bits per heavy atom. The highest BCUT2D eigenvalue weighted by Crippen LogP contribution is 2.26. The van der Waals surface area contributed by atoms with Crippen molar-refractivity contribution in [3.05, 3.63) is 0 Å². The van der Waals surface area contributed by atoms with Crippen LogP contribution in [0.2, 0.25) is 0 Å². The molecule has 1 aliphatic carbocycles. The van der Waals surface area contributed by atoms with Gasteiger partial charge in [0.05, 0.1) is 24.7 Å². The average molecular weight is 174 g/mol. The molecule has 1 aliphatic rings. The first-order chi connectivity index (χ1) is 5.65. The molecule has 1 fully saturated rings. The molecule has 2 N–H and O–H groups in total. The Morgan fingerprint density at radius 3 is 2.33 bits per heavy atom. The van der Waals surface area contributed by atoms with Crippen molar-refractivity contribution in [2.75, 3.05) is 6.61 Å². The van der Waals surface area contributed by atoms with E-state index in [2.05, 4.69) is 0 Å². The van der Waals surface area contributed by atoms with Gasteiger partial charge in [-0.25, -0.2) is 0 Å². The molecular formula is C8H14O4. The van der Waals surface area contributed by atoms with E-state index in [4.69, 9.17) is 14.9 Å². The lowest BCUT2D eigenvalue weighted by Crippen LogP contribution is -2.17. The largest absolute Gasteiger partial charge is 0.466 e. The lowest BCUT2D eigenvalue weighted by atomic mass is 10.1. The summed E-state index contributed by atoms with van der Waals surface area (Å²) in [5.41, 5.74) is 0. The Kier molecular flexibility index (Phi) is 3.05. The topological polar surface area (TPSA) is 66.8 Å². The van der Waals surface area contributed by atoms with Crippen LogP contribution in [0.5, 0.6) is 0 Å². The van der Waals surface area contributed by atoms with Crippen LogP contribution in [-0.4, -0.2) is 35.0 Å². The number of hydrogen-bond acceptors (Lipinski definition) is 4. The van der Waals surface area contributed by atoms with Crippen LogP contribution in [0.3, 0.4) is 0 Å². The lowest BCUT2D eigenvalue weighted by Gasteiger charge is -2.06. The quantitative estimate of drug-likeness (QED) is 0.563. The zero-order valence-electron chi connectivity index (χ0n) is 7.06. The highest BCUT2D eigenvalue weighted by atomic mass is 16.5. The summed E-state index contributed by atoms with van der Waals surface area (Å²) in [6.45, 7) is 2.08. The summed E-state index contributed by atoms with van der Waals surface area (Å²) in [5, 5.41) is 18.3. The molecule has 2 atom stereocenters. The molecule has 0 heterocycles. The van der Waals surface area contributed by atoms with Gasteiger partial charge in [0.2, 0.25) is 0 Å². The SMILES string of the molecule is CCOC(=O)C1C[C@H](O)[C@@H](O)C1. The number of ether oxygens (including phenoxy) is 1. The molecule has 1 rings (SSSR count). The number of aliphatic hydroxyl groups is 2. The summed E-state index contributed by atoms with van der Waals surface area (Å²) in [4.78, 5) is 11.1. The van der Waals surface area contributed by atoms with Gasteiger partial charge in [-0.1, -0.05) is 0 Å². The first kappa shape index (κ1) is 9.48. The van der Waals surface area contributed by atoms with E-state index in [1.165, 1.54) is 0 Å².